The number of hydrogen-bond donors (Lipinski definition) is 0. The summed E-state index contributed by atoms with van der Waals surface area (Å²) in [5.41, 5.74) is 3.22. The lowest BCUT2D eigenvalue weighted by Gasteiger charge is -2.21. The summed E-state index contributed by atoms with van der Waals surface area (Å²) in [4.78, 5) is 2.34. The third kappa shape index (κ3) is 1.51. The summed E-state index contributed by atoms with van der Waals surface area (Å²) in [6.07, 6.45) is 4.58. The Morgan fingerprint density at radius 3 is 1.92 bits per heavy atom. The minimum Gasteiger partial charge on any atom is -0.348 e. The van der Waals surface area contributed by atoms with Crippen LogP contribution in [0.25, 0.3) is 0 Å². The van der Waals surface area contributed by atoms with Crippen molar-refractivity contribution in [3.63, 3.8) is 0 Å². The highest BCUT2D eigenvalue weighted by molar-refractivity contribution is 5.28. The lowest BCUT2D eigenvalue weighted by molar-refractivity contribution is 0.343. The zero-order chi connectivity index (χ0) is 9.64. The van der Waals surface area contributed by atoms with Gasteiger partial charge in [-0.25, -0.2) is 0 Å². The van der Waals surface area contributed by atoms with Gasteiger partial charge in [0.1, 0.15) is 0 Å². The van der Waals surface area contributed by atoms with Crippen LogP contribution >= 0.6 is 0 Å². The van der Waals surface area contributed by atoms with E-state index in [4.69, 9.17) is 0 Å². The molecule has 2 heterocycles. The smallest absolute Gasteiger partial charge is 0.0355 e. The SMILES string of the molecule is CN1Cc2cn(C(C)(C)C)cc2C1. The maximum Gasteiger partial charge on any atom is 0.0355 e. The molecule has 0 N–H and O–H groups in total. The molecule has 0 fully saturated rings. The maximum atomic E-state index is 2.34. The number of hydrogen-bond acceptors (Lipinski definition) is 1. The van der Waals surface area contributed by atoms with E-state index in [9.17, 15) is 0 Å². The van der Waals surface area contributed by atoms with Crippen molar-refractivity contribution in [2.75, 3.05) is 7.05 Å². The number of aromatic nitrogens is 1. The van der Waals surface area contributed by atoms with Gasteiger partial charge >= 0.3 is 0 Å². The van der Waals surface area contributed by atoms with Crippen molar-refractivity contribution in [3.05, 3.63) is 23.5 Å². The van der Waals surface area contributed by atoms with E-state index in [0.29, 0.717) is 0 Å². The van der Waals surface area contributed by atoms with Crippen molar-refractivity contribution >= 4 is 0 Å². The zero-order valence-corrected chi connectivity index (χ0v) is 8.96. The second kappa shape index (κ2) is 2.61. The normalized spacial score (nSPS) is 17.8. The van der Waals surface area contributed by atoms with Crippen molar-refractivity contribution in [2.45, 2.75) is 39.4 Å². The van der Waals surface area contributed by atoms with Crippen molar-refractivity contribution in [1.29, 1.82) is 0 Å². The van der Waals surface area contributed by atoms with Crippen molar-refractivity contribution in [2.24, 2.45) is 0 Å². The molecular formula is C11H18N2. The molecule has 72 valence electrons. The van der Waals surface area contributed by atoms with Crippen LogP contribution in [0.1, 0.15) is 31.9 Å². The van der Waals surface area contributed by atoms with Gasteiger partial charge in [-0.1, -0.05) is 0 Å². The van der Waals surface area contributed by atoms with Gasteiger partial charge in [0.2, 0.25) is 0 Å². The van der Waals surface area contributed by atoms with Gasteiger partial charge in [0.05, 0.1) is 0 Å². The second-order valence-electron chi connectivity index (χ2n) is 5.06. The van der Waals surface area contributed by atoms with Gasteiger partial charge in [0, 0.05) is 31.0 Å². The first-order valence-corrected chi connectivity index (χ1v) is 4.85. The second-order valence-corrected chi connectivity index (χ2v) is 5.06. The minimum absolute atomic E-state index is 0.225. The minimum atomic E-state index is 0.225. The van der Waals surface area contributed by atoms with Gasteiger partial charge in [0.25, 0.3) is 0 Å². The predicted molar refractivity (Wildman–Crippen MR) is 54.6 cm³/mol. The molecular weight excluding hydrogens is 160 g/mol. The van der Waals surface area contributed by atoms with Crippen LogP contribution in [0.2, 0.25) is 0 Å². The summed E-state index contributed by atoms with van der Waals surface area (Å²) in [5, 5.41) is 0. The fraction of sp³-hybridized carbons (Fsp3) is 0.636. The summed E-state index contributed by atoms with van der Waals surface area (Å²) in [7, 11) is 2.17. The Hall–Kier alpha value is -0.760. The first-order chi connectivity index (χ1) is 5.97. The van der Waals surface area contributed by atoms with Gasteiger partial charge in [-0.05, 0) is 38.9 Å². The third-order valence-corrected chi connectivity index (χ3v) is 2.66. The first kappa shape index (κ1) is 8.82. The maximum absolute atomic E-state index is 2.34. The van der Waals surface area contributed by atoms with E-state index in [2.05, 4.69) is 49.7 Å². The summed E-state index contributed by atoms with van der Waals surface area (Å²) in [6.45, 7) is 8.94. The van der Waals surface area contributed by atoms with Gasteiger partial charge in [0.15, 0.2) is 0 Å². The third-order valence-electron chi connectivity index (χ3n) is 2.66. The molecule has 0 spiro atoms. The molecule has 0 radical (unpaired) electrons. The van der Waals surface area contributed by atoms with Crippen molar-refractivity contribution in [1.82, 2.24) is 9.47 Å². The lowest BCUT2D eigenvalue weighted by atomic mass is 10.1. The fourth-order valence-corrected chi connectivity index (χ4v) is 1.85. The van der Waals surface area contributed by atoms with Crippen LogP contribution < -0.4 is 0 Å². The van der Waals surface area contributed by atoms with Crippen LogP contribution in [0.15, 0.2) is 12.4 Å². The largest absolute Gasteiger partial charge is 0.348 e. The van der Waals surface area contributed by atoms with Crippen LogP contribution in [0.5, 0.6) is 0 Å². The molecule has 0 amide bonds. The summed E-state index contributed by atoms with van der Waals surface area (Å²) in [5.74, 6) is 0. The highest BCUT2D eigenvalue weighted by atomic mass is 15.1. The molecule has 0 saturated carbocycles. The number of fused-ring (bicyclic) bond motifs is 1. The molecule has 0 unspecified atom stereocenters. The Balaban J connectivity index is 2.32. The monoisotopic (exact) mass is 178 g/mol. The molecule has 0 bridgehead atoms. The molecule has 1 aliphatic rings. The summed E-state index contributed by atoms with van der Waals surface area (Å²) < 4.78 is 2.32. The van der Waals surface area contributed by atoms with Gasteiger partial charge in [-0.3, -0.25) is 4.90 Å². The Morgan fingerprint density at radius 2 is 1.54 bits per heavy atom. The zero-order valence-electron chi connectivity index (χ0n) is 8.96. The topological polar surface area (TPSA) is 8.17 Å². The van der Waals surface area contributed by atoms with Crippen LogP contribution in [0.4, 0.5) is 0 Å². The highest BCUT2D eigenvalue weighted by Gasteiger charge is 2.21. The molecule has 0 saturated heterocycles. The highest BCUT2D eigenvalue weighted by Crippen LogP contribution is 2.25. The average Bonchev–Trinajstić information content (AvgIpc) is 2.40. The molecule has 0 aliphatic carbocycles. The molecule has 2 heteroatoms. The predicted octanol–water partition coefficient (Wildman–Crippen LogP) is 2.19. The standard InChI is InChI=1S/C11H18N2/c1-11(2,3)13-7-9-5-12(4)6-10(9)8-13/h7-8H,5-6H2,1-4H3. The van der Waals surface area contributed by atoms with Gasteiger partial charge < -0.3 is 4.57 Å². The van der Waals surface area contributed by atoms with Crippen molar-refractivity contribution in [3.8, 4) is 0 Å². The first-order valence-electron chi connectivity index (χ1n) is 4.85. The van der Waals surface area contributed by atoms with E-state index in [1.165, 1.54) is 11.1 Å². The van der Waals surface area contributed by atoms with Crippen molar-refractivity contribution < 1.29 is 0 Å². The van der Waals surface area contributed by atoms with E-state index in [1.54, 1.807) is 0 Å². The molecule has 13 heavy (non-hydrogen) atoms. The molecule has 1 aromatic heterocycles. The van der Waals surface area contributed by atoms with Crippen LogP contribution in [-0.2, 0) is 18.6 Å². The Bertz CT molecular complexity index is 294. The fourth-order valence-electron chi connectivity index (χ4n) is 1.85. The quantitative estimate of drug-likeness (QED) is 0.591. The average molecular weight is 178 g/mol. The van der Waals surface area contributed by atoms with E-state index in [-0.39, 0.29) is 5.54 Å². The van der Waals surface area contributed by atoms with Gasteiger partial charge in [-0.15, -0.1) is 0 Å². The lowest BCUT2D eigenvalue weighted by Crippen LogP contribution is -2.20. The van der Waals surface area contributed by atoms with Crippen LogP contribution in [0.3, 0.4) is 0 Å². The Labute approximate surface area is 80.2 Å². The molecule has 1 aromatic rings. The van der Waals surface area contributed by atoms with Gasteiger partial charge in [-0.2, -0.15) is 0 Å². The summed E-state index contributed by atoms with van der Waals surface area (Å²) >= 11 is 0. The van der Waals surface area contributed by atoms with Crippen LogP contribution in [0, 0.1) is 0 Å². The Morgan fingerprint density at radius 1 is 1.08 bits per heavy atom. The molecule has 1 aliphatic heterocycles. The molecule has 2 rings (SSSR count). The van der Waals surface area contributed by atoms with E-state index in [0.717, 1.165) is 13.1 Å². The number of nitrogens with zero attached hydrogens (tertiary/aromatic N) is 2. The molecule has 0 aromatic carbocycles. The molecule has 2 nitrogen and oxygen atoms in total. The van der Waals surface area contributed by atoms with E-state index < -0.39 is 0 Å². The molecule has 0 atom stereocenters. The van der Waals surface area contributed by atoms with E-state index in [1.807, 2.05) is 0 Å². The summed E-state index contributed by atoms with van der Waals surface area (Å²) in [6, 6.07) is 0. The van der Waals surface area contributed by atoms with Crippen LogP contribution in [-0.4, -0.2) is 16.5 Å². The Kier molecular flexibility index (Phi) is 1.77. The number of rotatable bonds is 0. The van der Waals surface area contributed by atoms with E-state index >= 15 is 0 Å².